The molecule has 0 unspecified atom stereocenters. The summed E-state index contributed by atoms with van der Waals surface area (Å²) in [5, 5.41) is 8.44. The molecule has 2 amide bonds. The summed E-state index contributed by atoms with van der Waals surface area (Å²) in [7, 11) is 0. The Morgan fingerprint density at radius 3 is 2.52 bits per heavy atom. The van der Waals surface area contributed by atoms with Crippen LogP contribution in [0, 0.1) is 5.82 Å². The van der Waals surface area contributed by atoms with E-state index in [0.717, 1.165) is 5.56 Å². The molecular weight excluding hydrogens is 297 g/mol. The molecular formula is C16H20FN5O. The Hall–Kier alpha value is -2.83. The fraction of sp³-hybridized carbons (Fsp3) is 0.250. The van der Waals surface area contributed by atoms with Crippen molar-refractivity contribution in [3.8, 4) is 0 Å². The van der Waals surface area contributed by atoms with Crippen molar-refractivity contribution in [3.05, 3.63) is 47.8 Å². The lowest BCUT2D eigenvalue weighted by Crippen LogP contribution is -2.34. The van der Waals surface area contributed by atoms with E-state index in [-0.39, 0.29) is 23.7 Å². The van der Waals surface area contributed by atoms with Gasteiger partial charge in [0.2, 0.25) is 0 Å². The van der Waals surface area contributed by atoms with Gasteiger partial charge in [-0.3, -0.25) is 0 Å². The third kappa shape index (κ3) is 5.14. The largest absolute Gasteiger partial charge is 0.382 e. The summed E-state index contributed by atoms with van der Waals surface area (Å²) in [5.41, 5.74) is 7.21. The Bertz CT molecular complexity index is 673. The molecule has 122 valence electrons. The molecule has 0 spiro atoms. The maximum Gasteiger partial charge on any atom is 0.319 e. The predicted molar refractivity (Wildman–Crippen MR) is 89.7 cm³/mol. The number of anilines is 3. The lowest BCUT2D eigenvalue weighted by atomic mass is 10.2. The van der Waals surface area contributed by atoms with E-state index in [9.17, 15) is 9.18 Å². The van der Waals surface area contributed by atoms with E-state index in [4.69, 9.17) is 5.73 Å². The molecule has 23 heavy (non-hydrogen) atoms. The van der Waals surface area contributed by atoms with Gasteiger partial charge in [-0.2, -0.15) is 0 Å². The van der Waals surface area contributed by atoms with E-state index in [1.807, 2.05) is 13.8 Å². The van der Waals surface area contributed by atoms with Crippen LogP contribution in [0.2, 0.25) is 0 Å². The van der Waals surface area contributed by atoms with Gasteiger partial charge in [0.15, 0.2) is 0 Å². The Balaban J connectivity index is 1.96. The number of nitrogen functional groups attached to an aromatic ring is 1. The van der Waals surface area contributed by atoms with E-state index in [0.29, 0.717) is 18.1 Å². The minimum absolute atomic E-state index is 0.0285. The van der Waals surface area contributed by atoms with E-state index in [2.05, 4.69) is 20.9 Å². The van der Waals surface area contributed by atoms with Crippen LogP contribution < -0.4 is 21.7 Å². The van der Waals surface area contributed by atoms with Crippen LogP contribution in [-0.2, 0) is 6.54 Å². The third-order valence-corrected chi connectivity index (χ3v) is 2.98. The molecule has 0 aliphatic carbocycles. The molecule has 1 aromatic heterocycles. The van der Waals surface area contributed by atoms with Gasteiger partial charge in [0, 0.05) is 12.6 Å². The monoisotopic (exact) mass is 317 g/mol. The number of rotatable bonds is 5. The smallest absolute Gasteiger partial charge is 0.319 e. The second kappa shape index (κ2) is 7.44. The van der Waals surface area contributed by atoms with E-state index in [1.54, 1.807) is 24.3 Å². The Kier molecular flexibility index (Phi) is 5.35. The highest BCUT2D eigenvalue weighted by atomic mass is 19.1. The lowest BCUT2D eigenvalue weighted by molar-refractivity contribution is 0.250. The summed E-state index contributed by atoms with van der Waals surface area (Å²) in [5.74, 6) is 0.515. The number of nitrogens with one attached hydrogen (secondary N) is 3. The molecule has 1 aromatic carbocycles. The van der Waals surface area contributed by atoms with Crippen LogP contribution in [0.4, 0.5) is 26.5 Å². The molecule has 2 rings (SSSR count). The zero-order chi connectivity index (χ0) is 16.8. The van der Waals surface area contributed by atoms with Crippen molar-refractivity contribution in [2.24, 2.45) is 0 Å². The highest BCUT2D eigenvalue weighted by molar-refractivity contribution is 5.92. The molecule has 2 aromatic rings. The van der Waals surface area contributed by atoms with Gasteiger partial charge in [0.05, 0.1) is 5.69 Å². The minimum Gasteiger partial charge on any atom is -0.382 e. The molecule has 0 bridgehead atoms. The van der Waals surface area contributed by atoms with Crippen LogP contribution in [0.5, 0.6) is 0 Å². The first kappa shape index (κ1) is 16.5. The number of aromatic nitrogens is 1. The maximum atomic E-state index is 12.8. The molecule has 0 aliphatic heterocycles. The molecule has 6 nitrogen and oxygen atoms in total. The van der Waals surface area contributed by atoms with E-state index >= 15 is 0 Å². The highest BCUT2D eigenvalue weighted by Gasteiger charge is 2.08. The van der Waals surface area contributed by atoms with Gasteiger partial charge in [0.1, 0.15) is 17.5 Å². The average molecular weight is 317 g/mol. The van der Waals surface area contributed by atoms with Crippen molar-refractivity contribution in [1.29, 1.82) is 0 Å². The van der Waals surface area contributed by atoms with Crippen LogP contribution in [0.15, 0.2) is 36.4 Å². The van der Waals surface area contributed by atoms with Crippen LogP contribution in [0.25, 0.3) is 0 Å². The number of urea groups is 1. The summed E-state index contributed by atoms with van der Waals surface area (Å²) in [6.45, 7) is 4.22. The van der Waals surface area contributed by atoms with Crippen LogP contribution in [0.3, 0.4) is 0 Å². The predicted octanol–water partition coefficient (Wildman–Crippen LogP) is 2.94. The number of carbonyl (C=O) groups is 1. The van der Waals surface area contributed by atoms with Gasteiger partial charge in [-0.05, 0) is 43.7 Å². The second-order valence-corrected chi connectivity index (χ2v) is 5.36. The molecule has 0 atom stereocenters. The van der Waals surface area contributed by atoms with Gasteiger partial charge < -0.3 is 21.7 Å². The van der Waals surface area contributed by atoms with Crippen molar-refractivity contribution in [2.75, 3.05) is 16.4 Å². The van der Waals surface area contributed by atoms with E-state index < -0.39 is 0 Å². The summed E-state index contributed by atoms with van der Waals surface area (Å²) < 4.78 is 12.8. The Labute approximate surface area is 134 Å². The molecule has 1 heterocycles. The molecule has 0 aliphatic rings. The second-order valence-electron chi connectivity index (χ2n) is 5.36. The number of hydrogen-bond acceptors (Lipinski definition) is 4. The topological polar surface area (TPSA) is 92.1 Å². The van der Waals surface area contributed by atoms with Crippen molar-refractivity contribution in [2.45, 2.75) is 26.4 Å². The first-order chi connectivity index (χ1) is 10.9. The molecule has 5 N–H and O–H groups in total. The minimum atomic E-state index is -0.333. The lowest BCUT2D eigenvalue weighted by Gasteiger charge is -2.12. The SMILES string of the molecule is CC(C)NC(=O)Nc1ccc(NCc2ccc(F)cc2)nc1N. The standard InChI is InChI=1S/C16H20FN5O/c1-10(2)20-16(23)21-13-7-8-14(22-15(13)18)19-9-11-3-5-12(17)6-4-11/h3-8,10H,9H2,1-2H3,(H3,18,19,22)(H2,20,21,23). The summed E-state index contributed by atoms with van der Waals surface area (Å²) in [6.07, 6.45) is 0. The van der Waals surface area contributed by atoms with Crippen LogP contribution in [-0.4, -0.2) is 17.1 Å². The molecule has 0 fully saturated rings. The summed E-state index contributed by atoms with van der Waals surface area (Å²) >= 11 is 0. The Morgan fingerprint density at radius 1 is 1.22 bits per heavy atom. The van der Waals surface area contributed by atoms with Crippen molar-refractivity contribution >= 4 is 23.4 Å². The number of pyridine rings is 1. The van der Waals surface area contributed by atoms with Crippen molar-refractivity contribution < 1.29 is 9.18 Å². The van der Waals surface area contributed by atoms with Gasteiger partial charge in [-0.15, -0.1) is 0 Å². The Morgan fingerprint density at radius 2 is 1.91 bits per heavy atom. The zero-order valence-corrected chi connectivity index (χ0v) is 13.1. The molecule has 0 radical (unpaired) electrons. The number of hydrogen-bond donors (Lipinski definition) is 4. The highest BCUT2D eigenvalue weighted by Crippen LogP contribution is 2.19. The number of carbonyl (C=O) groups excluding carboxylic acids is 1. The van der Waals surface area contributed by atoms with Crippen LogP contribution in [0.1, 0.15) is 19.4 Å². The van der Waals surface area contributed by atoms with Crippen molar-refractivity contribution in [1.82, 2.24) is 10.3 Å². The van der Waals surface area contributed by atoms with E-state index in [1.165, 1.54) is 12.1 Å². The van der Waals surface area contributed by atoms with Crippen LogP contribution >= 0.6 is 0 Å². The average Bonchev–Trinajstić information content (AvgIpc) is 2.48. The van der Waals surface area contributed by atoms with Gasteiger partial charge in [0.25, 0.3) is 0 Å². The number of benzene rings is 1. The molecule has 7 heteroatoms. The summed E-state index contributed by atoms with van der Waals surface area (Å²) in [4.78, 5) is 15.8. The van der Waals surface area contributed by atoms with Gasteiger partial charge in [-0.1, -0.05) is 12.1 Å². The molecule has 0 saturated carbocycles. The first-order valence-electron chi connectivity index (χ1n) is 7.26. The number of amides is 2. The fourth-order valence-corrected chi connectivity index (χ4v) is 1.89. The first-order valence-corrected chi connectivity index (χ1v) is 7.26. The number of nitrogens with two attached hydrogens (primary N) is 1. The maximum absolute atomic E-state index is 12.8. The van der Waals surface area contributed by atoms with Gasteiger partial charge in [-0.25, -0.2) is 14.2 Å². The number of halogens is 1. The zero-order valence-electron chi connectivity index (χ0n) is 13.1. The fourth-order valence-electron chi connectivity index (χ4n) is 1.89. The molecule has 0 saturated heterocycles. The van der Waals surface area contributed by atoms with Gasteiger partial charge >= 0.3 is 6.03 Å². The third-order valence-electron chi connectivity index (χ3n) is 2.98. The number of nitrogens with zero attached hydrogens (tertiary/aromatic N) is 1. The quantitative estimate of drug-likeness (QED) is 0.682. The summed E-state index contributed by atoms with van der Waals surface area (Å²) in [6, 6.07) is 9.27. The normalized spacial score (nSPS) is 10.4. The van der Waals surface area contributed by atoms with Crippen molar-refractivity contribution in [3.63, 3.8) is 0 Å².